The second-order valence-corrected chi connectivity index (χ2v) is 8.52. The van der Waals surface area contributed by atoms with Crippen LogP contribution < -0.4 is 0 Å². The van der Waals surface area contributed by atoms with Gasteiger partial charge >= 0.3 is 0 Å². The predicted octanol–water partition coefficient (Wildman–Crippen LogP) is 8.90. The minimum Gasteiger partial charge on any atom is -0.0654 e. The van der Waals surface area contributed by atoms with Crippen LogP contribution >= 0.6 is 0 Å². The first-order valence-corrected chi connectivity index (χ1v) is 11.6. The lowest BCUT2D eigenvalue weighted by molar-refractivity contribution is 0.795. The average Bonchev–Trinajstić information content (AvgIpc) is 2.83. The zero-order valence-corrected chi connectivity index (χ0v) is 19.0. The second kappa shape index (κ2) is 9.79. The Kier molecular flexibility index (Phi) is 6.67. The Balaban J connectivity index is 1.78. The van der Waals surface area contributed by atoms with Crippen molar-refractivity contribution < 1.29 is 0 Å². The summed E-state index contributed by atoms with van der Waals surface area (Å²) < 4.78 is 0. The van der Waals surface area contributed by atoms with Crippen molar-refractivity contribution in [2.45, 2.75) is 46.5 Å². The Morgan fingerprint density at radius 2 is 0.903 bits per heavy atom. The van der Waals surface area contributed by atoms with Crippen LogP contribution in [0.5, 0.6) is 0 Å². The highest BCUT2D eigenvalue weighted by molar-refractivity contribution is 5.81. The molecule has 156 valence electrons. The maximum absolute atomic E-state index is 2.33. The van der Waals surface area contributed by atoms with Gasteiger partial charge in [0.15, 0.2) is 0 Å². The van der Waals surface area contributed by atoms with Crippen molar-refractivity contribution in [3.05, 3.63) is 108 Å². The lowest BCUT2D eigenvalue weighted by Crippen LogP contribution is -1.88. The third-order valence-electron chi connectivity index (χ3n) is 6.12. The molecule has 0 heteroatoms. The van der Waals surface area contributed by atoms with E-state index in [0.29, 0.717) is 0 Å². The molecule has 0 fully saturated rings. The lowest BCUT2D eigenvalue weighted by Gasteiger charge is -2.12. The molecule has 0 radical (unpaired) electrons. The monoisotopic (exact) mass is 404 g/mol. The molecule has 0 spiro atoms. The number of hydrogen-bond donors (Lipinski definition) is 0. The summed E-state index contributed by atoms with van der Waals surface area (Å²) in [5.74, 6) is 0. The predicted molar refractivity (Wildman–Crippen MR) is 135 cm³/mol. The van der Waals surface area contributed by atoms with Crippen LogP contribution in [-0.2, 0) is 12.8 Å². The fourth-order valence-corrected chi connectivity index (χ4v) is 4.05. The highest BCUT2D eigenvalue weighted by Gasteiger charge is 2.08. The molecule has 0 aliphatic rings. The van der Waals surface area contributed by atoms with E-state index < -0.39 is 0 Å². The quantitative estimate of drug-likeness (QED) is 0.288. The van der Waals surface area contributed by atoms with E-state index in [1.165, 1.54) is 62.9 Å². The summed E-state index contributed by atoms with van der Waals surface area (Å²) in [5.41, 5.74) is 11.7. The molecule has 0 aliphatic carbocycles. The van der Waals surface area contributed by atoms with E-state index in [1.807, 2.05) is 0 Å². The zero-order valence-electron chi connectivity index (χ0n) is 19.0. The Hall–Kier alpha value is -3.12. The SMILES string of the molecule is CCCCc1ccc(-c2cc(-c3ccc(C)cc3)cc(-c3ccc(CC)cc3)c2)cc1. The van der Waals surface area contributed by atoms with E-state index in [-0.39, 0.29) is 0 Å². The standard InChI is InChI=1S/C31H32/c1-4-6-7-25-12-18-28(19-13-25)31-21-29(26-14-8-23(3)9-15-26)20-30(22-31)27-16-10-24(5-2)11-17-27/h8-22H,4-7H2,1-3H3. The third kappa shape index (κ3) is 5.14. The molecule has 0 N–H and O–H groups in total. The van der Waals surface area contributed by atoms with Gasteiger partial charge in [-0.15, -0.1) is 0 Å². The maximum atomic E-state index is 2.33. The molecule has 0 aliphatic heterocycles. The Morgan fingerprint density at radius 3 is 1.32 bits per heavy atom. The topological polar surface area (TPSA) is 0 Å². The molecule has 0 saturated heterocycles. The van der Waals surface area contributed by atoms with Crippen molar-refractivity contribution in [3.63, 3.8) is 0 Å². The molecular weight excluding hydrogens is 372 g/mol. The van der Waals surface area contributed by atoms with Gasteiger partial charge < -0.3 is 0 Å². The van der Waals surface area contributed by atoms with Gasteiger partial charge in [-0.25, -0.2) is 0 Å². The van der Waals surface area contributed by atoms with E-state index in [4.69, 9.17) is 0 Å². The van der Waals surface area contributed by atoms with Gasteiger partial charge in [0.1, 0.15) is 0 Å². The minimum atomic E-state index is 1.07. The molecule has 0 saturated carbocycles. The van der Waals surface area contributed by atoms with Gasteiger partial charge in [0.2, 0.25) is 0 Å². The molecule has 0 aromatic heterocycles. The Bertz CT molecular complexity index is 1110. The van der Waals surface area contributed by atoms with Gasteiger partial charge in [-0.05, 0) is 88.9 Å². The van der Waals surface area contributed by atoms with Crippen LogP contribution in [0.2, 0.25) is 0 Å². The highest BCUT2D eigenvalue weighted by Crippen LogP contribution is 2.33. The van der Waals surface area contributed by atoms with E-state index in [9.17, 15) is 0 Å². The smallest absolute Gasteiger partial charge is 0.0172 e. The molecule has 0 atom stereocenters. The number of benzene rings is 4. The van der Waals surface area contributed by atoms with Crippen LogP contribution in [0.15, 0.2) is 91.0 Å². The lowest BCUT2D eigenvalue weighted by atomic mass is 9.92. The first-order chi connectivity index (χ1) is 15.2. The first kappa shape index (κ1) is 21.1. The molecule has 4 rings (SSSR count). The molecule has 0 nitrogen and oxygen atoms in total. The summed E-state index contributed by atoms with van der Waals surface area (Å²) in [4.78, 5) is 0. The van der Waals surface area contributed by atoms with Crippen LogP contribution in [0, 0.1) is 6.92 Å². The fraction of sp³-hybridized carbons (Fsp3) is 0.226. The molecule has 4 aromatic rings. The van der Waals surface area contributed by atoms with E-state index in [1.54, 1.807) is 0 Å². The molecule has 0 heterocycles. The summed E-state index contributed by atoms with van der Waals surface area (Å²) in [7, 11) is 0. The van der Waals surface area contributed by atoms with Gasteiger partial charge in [-0.3, -0.25) is 0 Å². The van der Waals surface area contributed by atoms with Crippen LogP contribution in [0.25, 0.3) is 33.4 Å². The summed E-state index contributed by atoms with van der Waals surface area (Å²) in [5, 5.41) is 0. The number of hydrogen-bond acceptors (Lipinski definition) is 0. The van der Waals surface area contributed by atoms with Gasteiger partial charge in [-0.1, -0.05) is 98.6 Å². The van der Waals surface area contributed by atoms with Crippen molar-refractivity contribution in [2.24, 2.45) is 0 Å². The first-order valence-electron chi connectivity index (χ1n) is 11.6. The summed E-state index contributed by atoms with van der Waals surface area (Å²) in [6.07, 6.45) is 4.72. The zero-order chi connectivity index (χ0) is 21.6. The van der Waals surface area contributed by atoms with Crippen molar-refractivity contribution in [3.8, 4) is 33.4 Å². The van der Waals surface area contributed by atoms with Crippen molar-refractivity contribution in [1.29, 1.82) is 0 Å². The van der Waals surface area contributed by atoms with Gasteiger partial charge in [0.25, 0.3) is 0 Å². The van der Waals surface area contributed by atoms with Crippen molar-refractivity contribution >= 4 is 0 Å². The summed E-state index contributed by atoms with van der Waals surface area (Å²) >= 11 is 0. The van der Waals surface area contributed by atoms with Crippen LogP contribution in [0.3, 0.4) is 0 Å². The largest absolute Gasteiger partial charge is 0.0654 e. The van der Waals surface area contributed by atoms with E-state index >= 15 is 0 Å². The van der Waals surface area contributed by atoms with E-state index in [0.717, 1.165) is 12.8 Å². The Morgan fingerprint density at radius 1 is 0.484 bits per heavy atom. The van der Waals surface area contributed by atoms with E-state index in [2.05, 4.69) is 112 Å². The number of aryl methyl sites for hydroxylation is 3. The van der Waals surface area contributed by atoms with Crippen LogP contribution in [0.4, 0.5) is 0 Å². The molecule has 0 unspecified atom stereocenters. The van der Waals surface area contributed by atoms with Gasteiger partial charge in [0, 0.05) is 0 Å². The molecule has 0 bridgehead atoms. The highest BCUT2D eigenvalue weighted by atomic mass is 14.1. The normalized spacial score (nSPS) is 10.9. The summed E-state index contributed by atoms with van der Waals surface area (Å²) in [6.45, 7) is 6.59. The van der Waals surface area contributed by atoms with Crippen LogP contribution in [-0.4, -0.2) is 0 Å². The molecule has 0 amide bonds. The van der Waals surface area contributed by atoms with Gasteiger partial charge in [-0.2, -0.15) is 0 Å². The second-order valence-electron chi connectivity index (χ2n) is 8.52. The summed E-state index contributed by atoms with van der Waals surface area (Å²) in [6, 6.07) is 34.0. The van der Waals surface area contributed by atoms with Crippen molar-refractivity contribution in [2.75, 3.05) is 0 Å². The van der Waals surface area contributed by atoms with Crippen molar-refractivity contribution in [1.82, 2.24) is 0 Å². The number of unbranched alkanes of at least 4 members (excludes halogenated alkanes) is 1. The maximum Gasteiger partial charge on any atom is -0.0172 e. The minimum absolute atomic E-state index is 1.07. The Labute approximate surface area is 187 Å². The molecule has 31 heavy (non-hydrogen) atoms. The number of rotatable bonds is 7. The third-order valence-corrected chi connectivity index (χ3v) is 6.12. The van der Waals surface area contributed by atoms with Crippen LogP contribution in [0.1, 0.15) is 43.4 Å². The fourth-order valence-electron chi connectivity index (χ4n) is 4.05. The molecular formula is C31H32. The molecule has 4 aromatic carbocycles. The van der Waals surface area contributed by atoms with Gasteiger partial charge in [0.05, 0.1) is 0 Å². The average molecular weight is 405 g/mol.